The fourth-order valence-corrected chi connectivity index (χ4v) is 1.36. The monoisotopic (exact) mass is 223 g/mol. The number of halogens is 1. The highest BCUT2D eigenvalue weighted by Gasteiger charge is 2.12. The van der Waals surface area contributed by atoms with E-state index in [2.05, 4.69) is 18.7 Å². The number of ketones is 1. The van der Waals surface area contributed by atoms with Crippen molar-refractivity contribution in [1.29, 1.82) is 0 Å². The number of nitrogens with zero attached hydrogens (tertiary/aromatic N) is 1. The molecule has 0 N–H and O–H groups in total. The summed E-state index contributed by atoms with van der Waals surface area (Å²) in [5, 5.41) is 0. The van der Waals surface area contributed by atoms with Crippen molar-refractivity contribution in [2.45, 2.75) is 26.3 Å². The van der Waals surface area contributed by atoms with Gasteiger partial charge in [0.15, 0.2) is 5.78 Å². The van der Waals surface area contributed by atoms with E-state index in [1.54, 1.807) is 12.1 Å². The molecule has 0 aliphatic rings. The summed E-state index contributed by atoms with van der Waals surface area (Å²) in [7, 11) is 1.96. The molecule has 1 rings (SSSR count). The van der Waals surface area contributed by atoms with E-state index < -0.39 is 5.82 Å². The van der Waals surface area contributed by atoms with Crippen molar-refractivity contribution in [2.75, 3.05) is 13.6 Å². The van der Waals surface area contributed by atoms with Crippen molar-refractivity contribution < 1.29 is 9.18 Å². The molecule has 16 heavy (non-hydrogen) atoms. The Morgan fingerprint density at radius 3 is 2.56 bits per heavy atom. The van der Waals surface area contributed by atoms with Gasteiger partial charge in [-0.25, -0.2) is 4.39 Å². The van der Waals surface area contributed by atoms with Crippen molar-refractivity contribution in [3.05, 3.63) is 35.6 Å². The molecular formula is C13H18FNO. The topological polar surface area (TPSA) is 20.3 Å². The number of Topliss-reactive ketones (excluding diaryl/α,β-unsaturated/α-hetero) is 1. The first-order chi connectivity index (χ1) is 7.52. The standard InChI is InChI=1S/C13H18FNO/c1-10(2)15(3)9-8-13(16)11-6-4-5-7-12(11)14/h4-7,10H,8-9H2,1-3H3. The average Bonchev–Trinajstić information content (AvgIpc) is 2.25. The smallest absolute Gasteiger partial charge is 0.167 e. The number of carbonyl (C=O) groups is 1. The van der Waals surface area contributed by atoms with Crippen LogP contribution < -0.4 is 0 Å². The number of hydrogen-bond donors (Lipinski definition) is 0. The zero-order valence-corrected chi connectivity index (χ0v) is 10.0. The predicted molar refractivity (Wildman–Crippen MR) is 63.1 cm³/mol. The summed E-state index contributed by atoms with van der Waals surface area (Å²) >= 11 is 0. The molecule has 0 saturated heterocycles. The van der Waals surface area contributed by atoms with E-state index in [0.717, 1.165) is 0 Å². The van der Waals surface area contributed by atoms with Crippen molar-refractivity contribution in [2.24, 2.45) is 0 Å². The van der Waals surface area contributed by atoms with Gasteiger partial charge in [0.25, 0.3) is 0 Å². The van der Waals surface area contributed by atoms with Gasteiger partial charge in [0.05, 0.1) is 5.56 Å². The van der Waals surface area contributed by atoms with Crippen molar-refractivity contribution in [3.8, 4) is 0 Å². The fraction of sp³-hybridized carbons (Fsp3) is 0.462. The van der Waals surface area contributed by atoms with Crippen LogP contribution in [0.5, 0.6) is 0 Å². The molecule has 0 unspecified atom stereocenters. The zero-order valence-electron chi connectivity index (χ0n) is 10.0. The molecule has 0 radical (unpaired) electrons. The third kappa shape index (κ3) is 3.42. The third-order valence-electron chi connectivity index (χ3n) is 2.75. The SMILES string of the molecule is CC(C)N(C)CCC(=O)c1ccccc1F. The highest BCUT2D eigenvalue weighted by atomic mass is 19.1. The van der Waals surface area contributed by atoms with Gasteiger partial charge in [0, 0.05) is 19.0 Å². The summed E-state index contributed by atoms with van der Waals surface area (Å²) in [6, 6.07) is 6.52. The average molecular weight is 223 g/mol. The van der Waals surface area contributed by atoms with Crippen molar-refractivity contribution in [1.82, 2.24) is 4.90 Å². The largest absolute Gasteiger partial charge is 0.304 e. The van der Waals surface area contributed by atoms with Crippen LogP contribution in [0.2, 0.25) is 0 Å². The molecule has 1 aromatic rings. The molecule has 0 atom stereocenters. The summed E-state index contributed by atoms with van der Waals surface area (Å²) in [5.74, 6) is -0.565. The van der Waals surface area contributed by atoms with Gasteiger partial charge in [0.2, 0.25) is 0 Å². The molecule has 0 aromatic heterocycles. The third-order valence-corrected chi connectivity index (χ3v) is 2.75. The van der Waals surface area contributed by atoms with Gasteiger partial charge in [-0.05, 0) is 33.0 Å². The van der Waals surface area contributed by atoms with Crippen LogP contribution in [-0.2, 0) is 0 Å². The Labute approximate surface area is 96.1 Å². The van der Waals surface area contributed by atoms with Crippen LogP contribution in [0.15, 0.2) is 24.3 Å². The lowest BCUT2D eigenvalue weighted by Crippen LogP contribution is -2.28. The zero-order chi connectivity index (χ0) is 12.1. The molecule has 0 aliphatic carbocycles. The first-order valence-corrected chi connectivity index (χ1v) is 5.50. The van der Waals surface area contributed by atoms with E-state index in [0.29, 0.717) is 19.0 Å². The Bertz CT molecular complexity index is 363. The molecule has 0 bridgehead atoms. The molecule has 88 valence electrons. The second-order valence-electron chi connectivity index (χ2n) is 4.23. The van der Waals surface area contributed by atoms with Crippen molar-refractivity contribution >= 4 is 5.78 Å². The lowest BCUT2D eigenvalue weighted by molar-refractivity contribution is 0.0960. The molecule has 0 fully saturated rings. The maximum absolute atomic E-state index is 13.3. The quantitative estimate of drug-likeness (QED) is 0.715. The minimum Gasteiger partial charge on any atom is -0.304 e. The molecule has 1 aromatic carbocycles. The predicted octanol–water partition coefficient (Wildman–Crippen LogP) is 2.74. The van der Waals surface area contributed by atoms with Crippen LogP contribution in [0.1, 0.15) is 30.6 Å². The minimum absolute atomic E-state index is 0.134. The second kappa shape index (κ2) is 5.75. The number of carbonyl (C=O) groups excluding carboxylic acids is 1. The molecule has 0 spiro atoms. The number of hydrogen-bond acceptors (Lipinski definition) is 2. The molecular weight excluding hydrogens is 205 g/mol. The molecule has 0 amide bonds. The van der Waals surface area contributed by atoms with Gasteiger partial charge in [0.1, 0.15) is 5.82 Å². The lowest BCUT2D eigenvalue weighted by Gasteiger charge is -2.20. The van der Waals surface area contributed by atoms with E-state index in [9.17, 15) is 9.18 Å². The van der Waals surface area contributed by atoms with Crippen LogP contribution in [0, 0.1) is 5.82 Å². The minimum atomic E-state index is -0.431. The summed E-state index contributed by atoms with van der Waals surface area (Å²) in [5.41, 5.74) is 0.194. The molecule has 0 saturated carbocycles. The summed E-state index contributed by atoms with van der Waals surface area (Å²) < 4.78 is 13.3. The van der Waals surface area contributed by atoms with Crippen molar-refractivity contribution in [3.63, 3.8) is 0 Å². The lowest BCUT2D eigenvalue weighted by atomic mass is 10.1. The van der Waals surface area contributed by atoms with E-state index >= 15 is 0 Å². The van der Waals surface area contributed by atoms with E-state index in [1.165, 1.54) is 12.1 Å². The summed E-state index contributed by atoms with van der Waals surface area (Å²) in [6.45, 7) is 4.78. The number of rotatable bonds is 5. The molecule has 2 nitrogen and oxygen atoms in total. The number of benzene rings is 1. The van der Waals surface area contributed by atoms with Crippen LogP contribution in [0.25, 0.3) is 0 Å². The summed E-state index contributed by atoms with van der Waals surface area (Å²) in [6.07, 6.45) is 0.357. The summed E-state index contributed by atoms with van der Waals surface area (Å²) in [4.78, 5) is 13.8. The molecule has 3 heteroatoms. The second-order valence-corrected chi connectivity index (χ2v) is 4.23. The molecule has 0 heterocycles. The maximum atomic E-state index is 13.3. The van der Waals surface area contributed by atoms with Gasteiger partial charge in [-0.15, -0.1) is 0 Å². The highest BCUT2D eigenvalue weighted by molar-refractivity contribution is 5.96. The van der Waals surface area contributed by atoms with Crippen LogP contribution >= 0.6 is 0 Å². The fourth-order valence-electron chi connectivity index (χ4n) is 1.36. The van der Waals surface area contributed by atoms with Crippen LogP contribution in [-0.4, -0.2) is 30.3 Å². The van der Waals surface area contributed by atoms with E-state index in [-0.39, 0.29) is 11.3 Å². The van der Waals surface area contributed by atoms with Crippen LogP contribution in [0.4, 0.5) is 4.39 Å². The van der Waals surface area contributed by atoms with Gasteiger partial charge < -0.3 is 4.90 Å². The van der Waals surface area contributed by atoms with Crippen LogP contribution in [0.3, 0.4) is 0 Å². The normalized spacial score (nSPS) is 11.1. The van der Waals surface area contributed by atoms with Gasteiger partial charge >= 0.3 is 0 Å². The Kier molecular flexibility index (Phi) is 4.62. The Morgan fingerprint density at radius 2 is 2.00 bits per heavy atom. The van der Waals surface area contributed by atoms with Gasteiger partial charge in [-0.3, -0.25) is 4.79 Å². The maximum Gasteiger partial charge on any atom is 0.167 e. The Balaban J connectivity index is 2.57. The Morgan fingerprint density at radius 1 is 1.38 bits per heavy atom. The van der Waals surface area contributed by atoms with Gasteiger partial charge in [-0.2, -0.15) is 0 Å². The Hall–Kier alpha value is -1.22. The highest BCUT2D eigenvalue weighted by Crippen LogP contribution is 2.09. The first kappa shape index (κ1) is 12.8. The van der Waals surface area contributed by atoms with Gasteiger partial charge in [-0.1, -0.05) is 12.1 Å². The first-order valence-electron chi connectivity index (χ1n) is 5.50. The molecule has 0 aliphatic heterocycles. The van der Waals surface area contributed by atoms with E-state index in [1.807, 2.05) is 7.05 Å². The van der Waals surface area contributed by atoms with E-state index in [4.69, 9.17) is 0 Å².